The summed E-state index contributed by atoms with van der Waals surface area (Å²) in [6.45, 7) is 5.13. The van der Waals surface area contributed by atoms with Crippen LogP contribution in [0.15, 0.2) is 36.7 Å². The van der Waals surface area contributed by atoms with Crippen molar-refractivity contribution in [3.8, 4) is 5.75 Å². The third-order valence-corrected chi connectivity index (χ3v) is 4.56. The molecule has 150 valence electrons. The minimum absolute atomic E-state index is 0.287. The molecule has 2 amide bonds. The second-order valence-corrected chi connectivity index (χ2v) is 6.46. The lowest BCUT2D eigenvalue weighted by molar-refractivity contribution is 0.243. The maximum atomic E-state index is 13.2. The third-order valence-electron chi connectivity index (χ3n) is 4.56. The van der Waals surface area contributed by atoms with Crippen LogP contribution in [0.3, 0.4) is 0 Å². The zero-order chi connectivity index (χ0) is 19.8. The van der Waals surface area contributed by atoms with Crippen LogP contribution in [0.4, 0.5) is 20.8 Å². The normalized spacial score (nSPS) is 14.6. The van der Waals surface area contributed by atoms with E-state index in [2.05, 4.69) is 30.4 Å². The second kappa shape index (κ2) is 9.84. The number of halogens is 1. The summed E-state index contributed by atoms with van der Waals surface area (Å²) in [4.78, 5) is 25.1. The molecule has 0 spiro atoms. The Hall–Kier alpha value is -2.94. The predicted octanol–water partition coefficient (Wildman–Crippen LogP) is 1.96. The summed E-state index contributed by atoms with van der Waals surface area (Å²) in [6, 6.07) is 5.46. The molecule has 1 aromatic heterocycles. The van der Waals surface area contributed by atoms with Crippen molar-refractivity contribution >= 4 is 17.7 Å². The van der Waals surface area contributed by atoms with E-state index in [1.165, 1.54) is 25.3 Å². The summed E-state index contributed by atoms with van der Waals surface area (Å²) in [5, 5.41) is 5.49. The number of carbonyl (C=O) groups is 1. The van der Waals surface area contributed by atoms with Gasteiger partial charge in [-0.15, -0.1) is 0 Å². The van der Waals surface area contributed by atoms with Crippen LogP contribution >= 0.6 is 0 Å². The lowest BCUT2D eigenvalue weighted by Crippen LogP contribution is -2.47. The van der Waals surface area contributed by atoms with Crippen molar-refractivity contribution in [3.63, 3.8) is 0 Å². The molecule has 2 N–H and O–H groups in total. The highest BCUT2D eigenvalue weighted by molar-refractivity contribution is 5.90. The van der Waals surface area contributed by atoms with Crippen LogP contribution in [0.2, 0.25) is 0 Å². The number of ether oxygens (including phenoxy) is 1. The maximum absolute atomic E-state index is 13.2. The van der Waals surface area contributed by atoms with Crippen molar-refractivity contribution in [2.24, 2.45) is 0 Å². The molecule has 8 nitrogen and oxygen atoms in total. The molecule has 3 rings (SSSR count). The number of piperazine rings is 1. The lowest BCUT2D eigenvalue weighted by atomic mass is 10.3. The van der Waals surface area contributed by atoms with E-state index in [0.29, 0.717) is 12.2 Å². The van der Waals surface area contributed by atoms with Crippen LogP contribution in [-0.2, 0) is 0 Å². The van der Waals surface area contributed by atoms with Crippen molar-refractivity contribution in [1.29, 1.82) is 0 Å². The summed E-state index contributed by atoms with van der Waals surface area (Å²) < 4.78 is 18.3. The molecule has 2 aromatic rings. The van der Waals surface area contributed by atoms with Gasteiger partial charge in [0.05, 0.1) is 12.8 Å². The van der Waals surface area contributed by atoms with Crippen molar-refractivity contribution in [2.75, 3.05) is 56.6 Å². The van der Waals surface area contributed by atoms with E-state index in [9.17, 15) is 9.18 Å². The Morgan fingerprint density at radius 3 is 2.68 bits per heavy atom. The van der Waals surface area contributed by atoms with Crippen LogP contribution in [0.1, 0.15) is 6.42 Å². The van der Waals surface area contributed by atoms with E-state index in [0.717, 1.165) is 45.1 Å². The standard InChI is InChI=1S/C19H25FN6O2/c1-28-17-14-15(20)4-5-16(17)24-19(27)23-8-3-9-25-10-12-26(13-11-25)18-21-6-2-7-22-18/h2,4-7,14H,3,8-13H2,1H3,(H2,23,24,27). The number of carbonyl (C=O) groups excluding carboxylic acids is 1. The van der Waals surface area contributed by atoms with Gasteiger partial charge in [-0.05, 0) is 31.2 Å². The van der Waals surface area contributed by atoms with Gasteiger partial charge >= 0.3 is 6.03 Å². The molecular formula is C19H25FN6O2. The Bertz CT molecular complexity index is 768. The number of methoxy groups -OCH3 is 1. The largest absolute Gasteiger partial charge is 0.494 e. The van der Waals surface area contributed by atoms with Gasteiger partial charge in [0.25, 0.3) is 0 Å². The number of nitrogens with zero attached hydrogens (tertiary/aromatic N) is 4. The molecule has 0 saturated carbocycles. The highest BCUT2D eigenvalue weighted by Crippen LogP contribution is 2.24. The van der Waals surface area contributed by atoms with Crippen LogP contribution in [0.25, 0.3) is 0 Å². The summed E-state index contributed by atoms with van der Waals surface area (Å²) in [5.74, 6) is 0.647. The minimum atomic E-state index is -0.415. The van der Waals surface area contributed by atoms with Gasteiger partial charge in [0.15, 0.2) is 0 Å². The van der Waals surface area contributed by atoms with Crippen LogP contribution < -0.4 is 20.3 Å². The summed E-state index contributed by atoms with van der Waals surface area (Å²) >= 11 is 0. The zero-order valence-electron chi connectivity index (χ0n) is 15.9. The van der Waals surface area contributed by atoms with Gasteiger partial charge in [-0.25, -0.2) is 19.2 Å². The van der Waals surface area contributed by atoms with Crippen LogP contribution in [-0.4, -0.2) is 67.3 Å². The second-order valence-electron chi connectivity index (χ2n) is 6.46. The molecule has 1 aliphatic heterocycles. The van der Waals surface area contributed by atoms with E-state index in [4.69, 9.17) is 4.74 Å². The van der Waals surface area contributed by atoms with E-state index in [1.807, 2.05) is 6.07 Å². The van der Waals surface area contributed by atoms with E-state index >= 15 is 0 Å². The molecule has 28 heavy (non-hydrogen) atoms. The third kappa shape index (κ3) is 5.53. The molecule has 1 fully saturated rings. The minimum Gasteiger partial charge on any atom is -0.494 e. The Kier molecular flexibility index (Phi) is 6.96. The first-order valence-electron chi connectivity index (χ1n) is 9.28. The van der Waals surface area contributed by atoms with E-state index < -0.39 is 5.82 Å². The van der Waals surface area contributed by atoms with Crippen LogP contribution in [0.5, 0.6) is 5.75 Å². The number of benzene rings is 1. The number of nitrogens with one attached hydrogen (secondary N) is 2. The first-order chi connectivity index (χ1) is 13.7. The Morgan fingerprint density at radius 2 is 1.96 bits per heavy atom. The van der Waals surface area contributed by atoms with Crippen LogP contribution in [0, 0.1) is 5.82 Å². The monoisotopic (exact) mass is 388 g/mol. The summed E-state index contributed by atoms with van der Waals surface area (Å²) in [5.41, 5.74) is 0.431. The number of hydrogen-bond acceptors (Lipinski definition) is 6. The molecule has 1 saturated heterocycles. The molecule has 0 unspecified atom stereocenters. The molecule has 0 atom stereocenters. The van der Waals surface area contributed by atoms with Crippen molar-refractivity contribution < 1.29 is 13.9 Å². The zero-order valence-corrected chi connectivity index (χ0v) is 15.9. The fraction of sp³-hybridized carbons (Fsp3) is 0.421. The number of amides is 2. The van der Waals surface area contributed by atoms with E-state index in [1.54, 1.807) is 12.4 Å². The SMILES string of the molecule is COc1cc(F)ccc1NC(=O)NCCCN1CCN(c2ncccn2)CC1. The fourth-order valence-electron chi connectivity index (χ4n) is 3.07. The van der Waals surface area contributed by atoms with Gasteiger partial charge in [-0.2, -0.15) is 0 Å². The number of hydrogen-bond donors (Lipinski definition) is 2. The molecule has 0 radical (unpaired) electrons. The average molecular weight is 388 g/mol. The molecule has 0 bridgehead atoms. The number of anilines is 2. The molecule has 1 aromatic carbocycles. The lowest BCUT2D eigenvalue weighted by Gasteiger charge is -2.34. The van der Waals surface area contributed by atoms with Crippen molar-refractivity contribution in [1.82, 2.24) is 20.2 Å². The van der Waals surface area contributed by atoms with Gasteiger partial charge < -0.3 is 20.3 Å². The summed E-state index contributed by atoms with van der Waals surface area (Å²) in [7, 11) is 1.43. The maximum Gasteiger partial charge on any atom is 0.319 e. The topological polar surface area (TPSA) is 82.6 Å². The number of rotatable bonds is 7. The quantitative estimate of drug-likeness (QED) is 0.706. The molecular weight excluding hydrogens is 363 g/mol. The van der Waals surface area contributed by atoms with Gasteiger partial charge in [0, 0.05) is 51.2 Å². The first kappa shape index (κ1) is 19.8. The fourth-order valence-corrected chi connectivity index (χ4v) is 3.07. The number of urea groups is 1. The Labute approximate surface area is 163 Å². The van der Waals surface area contributed by atoms with Gasteiger partial charge in [-0.3, -0.25) is 4.90 Å². The van der Waals surface area contributed by atoms with Gasteiger partial charge in [-0.1, -0.05) is 0 Å². The van der Waals surface area contributed by atoms with Crippen molar-refractivity contribution in [3.05, 3.63) is 42.5 Å². The highest BCUT2D eigenvalue weighted by atomic mass is 19.1. The van der Waals surface area contributed by atoms with E-state index in [-0.39, 0.29) is 11.8 Å². The smallest absolute Gasteiger partial charge is 0.319 e. The molecule has 1 aliphatic rings. The average Bonchev–Trinajstić information content (AvgIpc) is 2.73. The summed E-state index contributed by atoms with van der Waals surface area (Å²) in [6.07, 6.45) is 4.36. The van der Waals surface area contributed by atoms with Gasteiger partial charge in [0.1, 0.15) is 11.6 Å². The Morgan fingerprint density at radius 1 is 1.21 bits per heavy atom. The molecule has 2 heterocycles. The number of aromatic nitrogens is 2. The predicted molar refractivity (Wildman–Crippen MR) is 105 cm³/mol. The highest BCUT2D eigenvalue weighted by Gasteiger charge is 2.18. The van der Waals surface area contributed by atoms with Gasteiger partial charge in [0.2, 0.25) is 5.95 Å². The first-order valence-corrected chi connectivity index (χ1v) is 9.28. The molecule has 0 aliphatic carbocycles. The van der Waals surface area contributed by atoms with Crippen molar-refractivity contribution in [2.45, 2.75) is 6.42 Å². The Balaban J connectivity index is 1.33. The molecule has 9 heteroatoms.